The van der Waals surface area contributed by atoms with Gasteiger partial charge in [0, 0.05) is 18.1 Å². The molecule has 2 amide bonds. The number of aryl methyl sites for hydroxylation is 1. The molecule has 0 aliphatic rings. The molecule has 2 aromatic rings. The Bertz CT molecular complexity index is 774. The third-order valence-corrected chi connectivity index (χ3v) is 4.86. The van der Waals surface area contributed by atoms with Crippen molar-refractivity contribution in [2.45, 2.75) is 46.2 Å². The van der Waals surface area contributed by atoms with Gasteiger partial charge in [-0.1, -0.05) is 54.9 Å². The van der Waals surface area contributed by atoms with E-state index in [1.54, 1.807) is 17.0 Å². The Morgan fingerprint density at radius 1 is 1.07 bits per heavy atom. The smallest absolute Gasteiger partial charge is 0.242 e. The van der Waals surface area contributed by atoms with Crippen molar-refractivity contribution in [1.29, 1.82) is 0 Å². The number of likely N-dealkylation sites (N-methyl/N-ethyl adjacent to an activating group) is 1. The third kappa shape index (κ3) is 5.83. The molecule has 1 N–H and O–H groups in total. The standard InChI is InChI=1S/C22H27ClN2O2/c1-4-20(22(27)24-5-2)25(15-18-9-7-6-8-16(18)3)21(26)14-17-10-12-19(23)13-11-17/h6-13,20H,4-5,14-15H2,1-3H3,(H,24,27). The van der Waals surface area contributed by atoms with Crippen LogP contribution in [0.25, 0.3) is 0 Å². The van der Waals surface area contributed by atoms with Gasteiger partial charge in [0.2, 0.25) is 11.8 Å². The summed E-state index contributed by atoms with van der Waals surface area (Å²) in [5.74, 6) is -0.184. The molecule has 0 saturated carbocycles. The van der Waals surface area contributed by atoms with Crippen molar-refractivity contribution in [3.8, 4) is 0 Å². The van der Waals surface area contributed by atoms with E-state index in [1.165, 1.54) is 0 Å². The Morgan fingerprint density at radius 3 is 2.33 bits per heavy atom. The molecule has 0 spiro atoms. The highest BCUT2D eigenvalue weighted by Crippen LogP contribution is 2.18. The molecule has 0 fully saturated rings. The quantitative estimate of drug-likeness (QED) is 0.741. The van der Waals surface area contributed by atoms with Crippen LogP contribution in [0.15, 0.2) is 48.5 Å². The highest BCUT2D eigenvalue weighted by Gasteiger charge is 2.28. The highest BCUT2D eigenvalue weighted by atomic mass is 35.5. The van der Waals surface area contributed by atoms with E-state index in [4.69, 9.17) is 11.6 Å². The zero-order chi connectivity index (χ0) is 19.8. The fourth-order valence-electron chi connectivity index (χ4n) is 3.06. The van der Waals surface area contributed by atoms with Gasteiger partial charge in [0.1, 0.15) is 6.04 Å². The van der Waals surface area contributed by atoms with Crippen LogP contribution in [0.5, 0.6) is 0 Å². The van der Waals surface area contributed by atoms with Gasteiger partial charge in [0.15, 0.2) is 0 Å². The highest BCUT2D eigenvalue weighted by molar-refractivity contribution is 6.30. The minimum Gasteiger partial charge on any atom is -0.355 e. The lowest BCUT2D eigenvalue weighted by Gasteiger charge is -2.31. The number of halogens is 1. The van der Waals surface area contributed by atoms with Gasteiger partial charge >= 0.3 is 0 Å². The summed E-state index contributed by atoms with van der Waals surface area (Å²) in [4.78, 5) is 27.4. The molecular weight excluding hydrogens is 360 g/mol. The second-order valence-electron chi connectivity index (χ2n) is 6.57. The van der Waals surface area contributed by atoms with Crippen LogP contribution in [-0.2, 0) is 22.6 Å². The van der Waals surface area contributed by atoms with Crippen LogP contribution in [0.3, 0.4) is 0 Å². The number of nitrogens with zero attached hydrogens (tertiary/aromatic N) is 1. The maximum absolute atomic E-state index is 13.1. The number of rotatable bonds is 8. The largest absolute Gasteiger partial charge is 0.355 e. The summed E-state index contributed by atoms with van der Waals surface area (Å²) in [6.45, 7) is 6.78. The predicted octanol–water partition coefficient (Wildman–Crippen LogP) is 4.13. The Balaban J connectivity index is 2.29. The molecule has 0 aromatic heterocycles. The Kier molecular flexibility index (Phi) is 7.86. The third-order valence-electron chi connectivity index (χ3n) is 4.61. The van der Waals surface area contributed by atoms with E-state index < -0.39 is 6.04 Å². The van der Waals surface area contributed by atoms with E-state index in [0.29, 0.717) is 24.5 Å². The molecule has 1 atom stereocenters. The van der Waals surface area contributed by atoms with E-state index in [-0.39, 0.29) is 18.2 Å². The van der Waals surface area contributed by atoms with Gasteiger partial charge < -0.3 is 10.2 Å². The molecule has 0 aliphatic carbocycles. The summed E-state index contributed by atoms with van der Waals surface area (Å²) in [6, 6.07) is 14.7. The number of benzene rings is 2. The second-order valence-corrected chi connectivity index (χ2v) is 7.01. The second kappa shape index (κ2) is 10.1. The van der Waals surface area contributed by atoms with Crippen LogP contribution in [0.1, 0.15) is 37.0 Å². The van der Waals surface area contributed by atoms with Crippen molar-refractivity contribution in [3.05, 3.63) is 70.2 Å². The van der Waals surface area contributed by atoms with E-state index in [0.717, 1.165) is 16.7 Å². The lowest BCUT2D eigenvalue weighted by atomic mass is 10.0. The fraction of sp³-hybridized carbons (Fsp3) is 0.364. The molecule has 0 heterocycles. The van der Waals surface area contributed by atoms with Crippen LogP contribution >= 0.6 is 11.6 Å². The van der Waals surface area contributed by atoms with Crippen molar-refractivity contribution >= 4 is 23.4 Å². The molecule has 1 unspecified atom stereocenters. The van der Waals surface area contributed by atoms with Crippen LogP contribution in [0.4, 0.5) is 0 Å². The maximum atomic E-state index is 13.1. The maximum Gasteiger partial charge on any atom is 0.242 e. The molecule has 4 nitrogen and oxygen atoms in total. The summed E-state index contributed by atoms with van der Waals surface area (Å²) in [6.07, 6.45) is 0.795. The van der Waals surface area contributed by atoms with E-state index in [1.807, 2.05) is 57.2 Å². The number of amides is 2. The van der Waals surface area contributed by atoms with Gasteiger partial charge in [-0.3, -0.25) is 9.59 Å². The van der Waals surface area contributed by atoms with Crippen LogP contribution in [0, 0.1) is 6.92 Å². The van der Waals surface area contributed by atoms with Gasteiger partial charge in [0.25, 0.3) is 0 Å². The lowest BCUT2D eigenvalue weighted by molar-refractivity contribution is -0.140. The zero-order valence-corrected chi connectivity index (χ0v) is 16.9. The van der Waals surface area contributed by atoms with E-state index in [9.17, 15) is 9.59 Å². The average molecular weight is 387 g/mol. The predicted molar refractivity (Wildman–Crippen MR) is 110 cm³/mol. The van der Waals surface area contributed by atoms with Crippen molar-refractivity contribution in [3.63, 3.8) is 0 Å². The first-order chi connectivity index (χ1) is 13.0. The van der Waals surface area contributed by atoms with Crippen molar-refractivity contribution < 1.29 is 9.59 Å². The summed E-state index contributed by atoms with van der Waals surface area (Å²) in [5.41, 5.74) is 3.03. The molecular formula is C22H27ClN2O2. The minimum atomic E-state index is -0.496. The number of carbonyl (C=O) groups is 2. The number of hydrogen-bond acceptors (Lipinski definition) is 2. The first kappa shape index (κ1) is 21.0. The van der Waals surface area contributed by atoms with E-state index in [2.05, 4.69) is 5.32 Å². The SMILES string of the molecule is CCNC(=O)C(CC)N(Cc1ccccc1C)C(=O)Cc1ccc(Cl)cc1. The Morgan fingerprint density at radius 2 is 1.74 bits per heavy atom. The van der Waals surface area contributed by atoms with Crippen molar-refractivity contribution in [2.75, 3.05) is 6.54 Å². The van der Waals surface area contributed by atoms with Crippen molar-refractivity contribution in [2.24, 2.45) is 0 Å². The molecule has 0 radical (unpaired) electrons. The minimum absolute atomic E-state index is 0.0707. The topological polar surface area (TPSA) is 49.4 Å². The first-order valence-corrected chi connectivity index (χ1v) is 9.70. The molecule has 0 aliphatic heterocycles. The molecule has 27 heavy (non-hydrogen) atoms. The summed E-state index contributed by atoms with van der Waals surface area (Å²) in [5, 5.41) is 3.49. The van der Waals surface area contributed by atoms with Gasteiger partial charge in [0.05, 0.1) is 6.42 Å². The Hall–Kier alpha value is -2.33. The molecule has 2 rings (SSSR count). The van der Waals surface area contributed by atoms with Gasteiger partial charge in [-0.15, -0.1) is 0 Å². The van der Waals surface area contributed by atoms with Gasteiger partial charge in [-0.05, 0) is 49.1 Å². The molecule has 2 aromatic carbocycles. The van der Waals surface area contributed by atoms with E-state index >= 15 is 0 Å². The molecule has 144 valence electrons. The number of carbonyl (C=O) groups excluding carboxylic acids is 2. The van der Waals surface area contributed by atoms with Gasteiger partial charge in [-0.2, -0.15) is 0 Å². The average Bonchev–Trinajstić information content (AvgIpc) is 2.65. The normalized spacial score (nSPS) is 11.7. The molecule has 0 saturated heterocycles. The van der Waals surface area contributed by atoms with Crippen LogP contribution in [0.2, 0.25) is 5.02 Å². The fourth-order valence-corrected chi connectivity index (χ4v) is 3.19. The molecule has 0 bridgehead atoms. The Labute approximate surface area is 166 Å². The summed E-state index contributed by atoms with van der Waals surface area (Å²) < 4.78 is 0. The first-order valence-electron chi connectivity index (χ1n) is 9.32. The van der Waals surface area contributed by atoms with Crippen molar-refractivity contribution in [1.82, 2.24) is 10.2 Å². The molecule has 5 heteroatoms. The van der Waals surface area contributed by atoms with Gasteiger partial charge in [-0.25, -0.2) is 0 Å². The lowest BCUT2D eigenvalue weighted by Crippen LogP contribution is -2.49. The zero-order valence-electron chi connectivity index (χ0n) is 16.2. The summed E-state index contributed by atoms with van der Waals surface area (Å²) >= 11 is 5.94. The number of nitrogens with one attached hydrogen (secondary N) is 1. The monoisotopic (exact) mass is 386 g/mol. The van der Waals surface area contributed by atoms with Crippen LogP contribution in [-0.4, -0.2) is 29.3 Å². The number of hydrogen-bond donors (Lipinski definition) is 1. The summed E-state index contributed by atoms with van der Waals surface area (Å²) in [7, 11) is 0. The van der Waals surface area contributed by atoms with Crippen LogP contribution < -0.4 is 5.32 Å².